The highest BCUT2D eigenvalue weighted by molar-refractivity contribution is 6.13. The number of anilines is 1. The summed E-state index contributed by atoms with van der Waals surface area (Å²) in [5.74, 6) is -0.336. The van der Waals surface area contributed by atoms with Crippen LogP contribution in [0.3, 0.4) is 0 Å². The second-order valence-electron chi connectivity index (χ2n) is 8.45. The molecular weight excluding hydrogens is 426 g/mol. The average molecular weight is 450 g/mol. The highest BCUT2D eigenvalue weighted by Gasteiger charge is 2.53. The maximum atomic E-state index is 11.8. The number of methoxy groups -OCH3 is 1. The van der Waals surface area contributed by atoms with Crippen LogP contribution in [0.25, 0.3) is 22.0 Å². The van der Waals surface area contributed by atoms with Crippen LogP contribution in [0.1, 0.15) is 34.5 Å². The molecule has 2 heterocycles. The lowest BCUT2D eigenvalue weighted by Crippen LogP contribution is -2.23. The predicted molar refractivity (Wildman–Crippen MR) is 133 cm³/mol. The number of rotatable bonds is 3. The zero-order valence-electron chi connectivity index (χ0n) is 18.7. The first kappa shape index (κ1) is 21.5. The number of aliphatic imine (C=N–C) groups is 1. The van der Waals surface area contributed by atoms with E-state index in [1.165, 1.54) is 7.11 Å². The van der Waals surface area contributed by atoms with Gasteiger partial charge in [-0.3, -0.25) is 14.6 Å². The third-order valence-corrected chi connectivity index (χ3v) is 6.26. The first-order chi connectivity index (χ1) is 16.5. The molecule has 0 bridgehead atoms. The van der Waals surface area contributed by atoms with E-state index in [2.05, 4.69) is 9.98 Å². The fourth-order valence-corrected chi connectivity index (χ4v) is 4.12. The number of hydrogen-bond donors (Lipinski definition) is 1. The van der Waals surface area contributed by atoms with E-state index in [0.717, 1.165) is 51.8 Å². The SMILES string of the molecule is COC(=O)C1(c2ccc3ccccc3n2)CC1.Nc1ccc(-c2ccc3c(c2)C(=O)N=C3)cc1. The lowest BCUT2D eigenvalue weighted by atomic mass is 10.00. The number of ether oxygens (including phenoxy) is 1. The summed E-state index contributed by atoms with van der Waals surface area (Å²) in [7, 11) is 1.43. The minimum absolute atomic E-state index is 0.166. The van der Waals surface area contributed by atoms with E-state index in [1.54, 1.807) is 6.21 Å². The number of para-hydroxylation sites is 1. The molecule has 34 heavy (non-hydrogen) atoms. The molecule has 6 heteroatoms. The molecule has 1 aliphatic carbocycles. The number of esters is 1. The average Bonchev–Trinajstić information content (AvgIpc) is 3.62. The van der Waals surface area contributed by atoms with E-state index >= 15 is 0 Å². The predicted octanol–water partition coefficient (Wildman–Crippen LogP) is 4.95. The van der Waals surface area contributed by atoms with Crippen molar-refractivity contribution >= 4 is 34.7 Å². The van der Waals surface area contributed by atoms with Gasteiger partial charge in [0.2, 0.25) is 0 Å². The van der Waals surface area contributed by atoms with Crippen molar-refractivity contribution in [3.8, 4) is 11.1 Å². The molecule has 3 aromatic carbocycles. The Balaban J connectivity index is 0.000000142. The number of nitrogens with two attached hydrogens (primary N) is 1. The van der Waals surface area contributed by atoms with Crippen LogP contribution in [0.2, 0.25) is 0 Å². The zero-order chi connectivity index (χ0) is 23.7. The minimum Gasteiger partial charge on any atom is -0.468 e. The van der Waals surface area contributed by atoms with Gasteiger partial charge in [-0.05, 0) is 54.3 Å². The van der Waals surface area contributed by atoms with E-state index in [0.29, 0.717) is 5.56 Å². The highest BCUT2D eigenvalue weighted by atomic mass is 16.5. The summed E-state index contributed by atoms with van der Waals surface area (Å²) in [6.45, 7) is 0. The van der Waals surface area contributed by atoms with Crippen molar-refractivity contribution in [1.82, 2.24) is 4.98 Å². The number of benzene rings is 3. The number of nitrogens with zero attached hydrogens (tertiary/aromatic N) is 2. The molecule has 0 spiro atoms. The topological polar surface area (TPSA) is 94.6 Å². The van der Waals surface area contributed by atoms with Crippen molar-refractivity contribution in [2.75, 3.05) is 12.8 Å². The number of pyridine rings is 1. The van der Waals surface area contributed by atoms with Gasteiger partial charge in [0.25, 0.3) is 5.91 Å². The van der Waals surface area contributed by atoms with E-state index < -0.39 is 5.41 Å². The number of hydrogen-bond acceptors (Lipinski definition) is 5. The van der Waals surface area contributed by atoms with Crippen molar-refractivity contribution < 1.29 is 14.3 Å². The van der Waals surface area contributed by atoms with Gasteiger partial charge in [0.05, 0.1) is 23.9 Å². The molecule has 1 aliphatic heterocycles. The quantitative estimate of drug-likeness (QED) is 0.353. The number of carbonyl (C=O) groups excluding carboxylic acids is 2. The van der Waals surface area contributed by atoms with Crippen LogP contribution in [0.15, 0.2) is 83.9 Å². The van der Waals surface area contributed by atoms with Gasteiger partial charge in [0, 0.05) is 22.9 Å². The number of amides is 1. The summed E-state index contributed by atoms with van der Waals surface area (Å²) in [5.41, 5.74) is 11.3. The summed E-state index contributed by atoms with van der Waals surface area (Å²) in [6, 6.07) is 25.2. The Hall–Kier alpha value is -4.32. The van der Waals surface area contributed by atoms with Crippen molar-refractivity contribution in [1.29, 1.82) is 0 Å². The smallest absolute Gasteiger partial charge is 0.317 e. The Kier molecular flexibility index (Phi) is 5.42. The molecule has 0 atom stereocenters. The first-order valence-corrected chi connectivity index (χ1v) is 11.0. The van der Waals surface area contributed by atoms with Crippen LogP contribution in [0.4, 0.5) is 5.69 Å². The molecule has 6 rings (SSSR count). The molecule has 2 N–H and O–H groups in total. The van der Waals surface area contributed by atoms with Gasteiger partial charge >= 0.3 is 5.97 Å². The van der Waals surface area contributed by atoms with Gasteiger partial charge in [-0.25, -0.2) is 4.99 Å². The van der Waals surface area contributed by atoms with Gasteiger partial charge < -0.3 is 10.5 Å². The maximum Gasteiger partial charge on any atom is 0.317 e. The zero-order valence-corrected chi connectivity index (χ0v) is 18.7. The van der Waals surface area contributed by atoms with Crippen LogP contribution < -0.4 is 5.73 Å². The summed E-state index contributed by atoms with van der Waals surface area (Å²) in [6.07, 6.45) is 3.28. The highest BCUT2D eigenvalue weighted by Crippen LogP contribution is 2.48. The second-order valence-corrected chi connectivity index (χ2v) is 8.45. The Morgan fingerprint density at radius 3 is 2.41 bits per heavy atom. The van der Waals surface area contributed by atoms with Gasteiger partial charge in [-0.15, -0.1) is 0 Å². The molecule has 0 saturated heterocycles. The maximum absolute atomic E-state index is 11.8. The van der Waals surface area contributed by atoms with Gasteiger partial charge in [-0.2, -0.15) is 0 Å². The van der Waals surface area contributed by atoms with Crippen molar-refractivity contribution in [2.24, 2.45) is 4.99 Å². The molecule has 4 aromatic rings. The molecule has 1 aromatic heterocycles. The molecule has 1 fully saturated rings. The van der Waals surface area contributed by atoms with Crippen LogP contribution in [0.5, 0.6) is 0 Å². The summed E-state index contributed by atoms with van der Waals surface area (Å²) in [4.78, 5) is 31.6. The van der Waals surface area contributed by atoms with Gasteiger partial charge in [-0.1, -0.05) is 48.5 Å². The Labute approximate surface area is 197 Å². The molecule has 1 amide bonds. The molecule has 0 unspecified atom stereocenters. The number of carbonyl (C=O) groups is 2. The molecule has 0 radical (unpaired) electrons. The van der Waals surface area contributed by atoms with E-state index in [-0.39, 0.29) is 11.9 Å². The lowest BCUT2D eigenvalue weighted by molar-refractivity contribution is -0.143. The monoisotopic (exact) mass is 449 g/mol. The third kappa shape index (κ3) is 3.94. The van der Waals surface area contributed by atoms with Crippen molar-refractivity contribution in [2.45, 2.75) is 18.3 Å². The van der Waals surface area contributed by atoms with E-state index in [9.17, 15) is 9.59 Å². The molecule has 168 valence electrons. The standard InChI is InChI=1S/C14H10N2O.C14H13NO2/c15-12-5-3-9(4-6-12)10-1-2-11-8-16-14(17)13(11)7-10;1-17-13(16)14(8-9-14)12-7-6-10-4-2-3-5-11(10)15-12/h1-8H,15H2;2-7H,8-9H2,1H3. The fraction of sp³-hybridized carbons (Fsp3) is 0.143. The lowest BCUT2D eigenvalue weighted by Gasteiger charge is -2.12. The van der Waals surface area contributed by atoms with Crippen molar-refractivity contribution in [3.63, 3.8) is 0 Å². The van der Waals surface area contributed by atoms with Gasteiger partial charge in [0.1, 0.15) is 5.41 Å². The van der Waals surface area contributed by atoms with Gasteiger partial charge in [0.15, 0.2) is 0 Å². The molecule has 6 nitrogen and oxygen atoms in total. The van der Waals surface area contributed by atoms with E-state index in [1.807, 2.05) is 78.9 Å². The molecule has 1 saturated carbocycles. The van der Waals surface area contributed by atoms with Crippen LogP contribution in [-0.2, 0) is 14.9 Å². The summed E-state index contributed by atoms with van der Waals surface area (Å²) >= 11 is 0. The first-order valence-electron chi connectivity index (χ1n) is 11.0. The Morgan fingerprint density at radius 1 is 0.941 bits per heavy atom. The third-order valence-electron chi connectivity index (χ3n) is 6.26. The van der Waals surface area contributed by atoms with Crippen LogP contribution in [0, 0.1) is 0 Å². The van der Waals surface area contributed by atoms with E-state index in [4.69, 9.17) is 10.5 Å². The number of aromatic nitrogens is 1. The molecular formula is C28H23N3O3. The summed E-state index contributed by atoms with van der Waals surface area (Å²) in [5, 5.41) is 1.09. The Morgan fingerprint density at radius 2 is 1.68 bits per heavy atom. The number of nitrogen functional groups attached to an aromatic ring is 1. The van der Waals surface area contributed by atoms with Crippen LogP contribution in [-0.4, -0.2) is 30.2 Å². The number of fused-ring (bicyclic) bond motifs is 2. The minimum atomic E-state index is -0.473. The molecule has 2 aliphatic rings. The largest absolute Gasteiger partial charge is 0.468 e. The van der Waals surface area contributed by atoms with Crippen LogP contribution >= 0.6 is 0 Å². The Bertz CT molecular complexity index is 1440. The summed E-state index contributed by atoms with van der Waals surface area (Å²) < 4.78 is 4.87. The second kappa shape index (κ2) is 8.56. The van der Waals surface area contributed by atoms with Crippen molar-refractivity contribution in [3.05, 3.63) is 95.7 Å². The fourth-order valence-electron chi connectivity index (χ4n) is 4.12. The normalized spacial score (nSPS) is 14.8.